The highest BCUT2D eigenvalue weighted by Crippen LogP contribution is 2.32. The maximum atomic E-state index is 12.9. The maximum absolute atomic E-state index is 12.9. The van der Waals surface area contributed by atoms with Crippen molar-refractivity contribution in [2.45, 2.75) is 25.1 Å². The van der Waals surface area contributed by atoms with Crippen LogP contribution in [0.2, 0.25) is 0 Å². The van der Waals surface area contributed by atoms with Crippen LogP contribution >= 0.6 is 0 Å². The molecular formula is C10H9F6N. The summed E-state index contributed by atoms with van der Waals surface area (Å²) in [6.07, 6.45) is -8.31. The van der Waals surface area contributed by atoms with Crippen LogP contribution in [-0.4, -0.2) is 6.43 Å². The minimum Gasteiger partial charge on any atom is -0.324 e. The number of hydrogen-bond acceptors (Lipinski definition) is 1. The second kappa shape index (κ2) is 4.95. The Hall–Kier alpha value is -1.24. The minimum absolute atomic E-state index is 0.290. The summed E-state index contributed by atoms with van der Waals surface area (Å²) in [6.45, 7) is 0. The fourth-order valence-corrected chi connectivity index (χ4v) is 1.32. The molecule has 0 saturated carbocycles. The van der Waals surface area contributed by atoms with Crippen molar-refractivity contribution in [1.29, 1.82) is 0 Å². The van der Waals surface area contributed by atoms with Crippen molar-refractivity contribution in [3.8, 4) is 0 Å². The Labute approximate surface area is 93.2 Å². The third kappa shape index (κ3) is 3.92. The van der Waals surface area contributed by atoms with E-state index >= 15 is 0 Å². The first kappa shape index (κ1) is 13.8. The predicted molar refractivity (Wildman–Crippen MR) is 49.0 cm³/mol. The van der Waals surface area contributed by atoms with E-state index in [2.05, 4.69) is 0 Å². The van der Waals surface area contributed by atoms with Crippen LogP contribution in [0.1, 0.15) is 23.6 Å². The summed E-state index contributed by atoms with van der Waals surface area (Å²) in [5.74, 6) is -1.15. The maximum Gasteiger partial charge on any atom is 0.416 e. The minimum atomic E-state index is -4.73. The van der Waals surface area contributed by atoms with Gasteiger partial charge in [-0.3, -0.25) is 0 Å². The molecule has 0 fully saturated rings. The predicted octanol–water partition coefficient (Wildman–Crippen LogP) is 3.50. The molecular weight excluding hydrogens is 248 g/mol. The second-order valence-corrected chi connectivity index (χ2v) is 3.50. The number of halogens is 6. The van der Waals surface area contributed by atoms with Gasteiger partial charge in [0, 0.05) is 12.5 Å². The molecule has 2 N–H and O–H groups in total. The van der Waals surface area contributed by atoms with Gasteiger partial charge in [0.1, 0.15) is 5.82 Å². The molecule has 0 heterocycles. The fourth-order valence-electron chi connectivity index (χ4n) is 1.32. The normalized spacial score (nSPS) is 14.1. The van der Waals surface area contributed by atoms with Gasteiger partial charge >= 0.3 is 6.18 Å². The molecule has 0 aliphatic carbocycles. The average Bonchev–Trinajstić information content (AvgIpc) is 2.14. The van der Waals surface area contributed by atoms with Crippen molar-refractivity contribution >= 4 is 0 Å². The molecule has 0 aromatic heterocycles. The summed E-state index contributed by atoms with van der Waals surface area (Å²) >= 11 is 0. The van der Waals surface area contributed by atoms with Gasteiger partial charge < -0.3 is 5.73 Å². The first-order chi connectivity index (χ1) is 7.70. The Morgan fingerprint density at radius 3 is 2.18 bits per heavy atom. The van der Waals surface area contributed by atoms with Crippen LogP contribution < -0.4 is 5.73 Å². The van der Waals surface area contributed by atoms with Gasteiger partial charge in [0.05, 0.1) is 5.56 Å². The third-order valence-corrected chi connectivity index (χ3v) is 2.11. The molecule has 0 amide bonds. The second-order valence-electron chi connectivity index (χ2n) is 3.50. The van der Waals surface area contributed by atoms with Crippen LogP contribution in [0.15, 0.2) is 18.2 Å². The SMILES string of the molecule is N[C@H](CC(F)F)c1cc(F)cc(C(F)(F)F)c1. The zero-order chi connectivity index (χ0) is 13.2. The van der Waals surface area contributed by atoms with Crippen LogP contribution in [0.3, 0.4) is 0 Å². The van der Waals surface area contributed by atoms with Crippen molar-refractivity contribution in [1.82, 2.24) is 0 Å². The van der Waals surface area contributed by atoms with E-state index in [9.17, 15) is 26.3 Å². The van der Waals surface area contributed by atoms with Gasteiger partial charge in [0.2, 0.25) is 6.43 Å². The summed E-state index contributed by atoms with van der Waals surface area (Å²) in [5.41, 5.74) is 3.73. The summed E-state index contributed by atoms with van der Waals surface area (Å²) in [5, 5.41) is 0. The van der Waals surface area contributed by atoms with E-state index in [-0.39, 0.29) is 5.56 Å². The van der Waals surface area contributed by atoms with E-state index in [0.717, 1.165) is 6.07 Å². The number of rotatable bonds is 3. The molecule has 0 spiro atoms. The van der Waals surface area contributed by atoms with Gasteiger partial charge in [-0.2, -0.15) is 13.2 Å². The Morgan fingerprint density at radius 2 is 1.71 bits per heavy atom. The van der Waals surface area contributed by atoms with E-state index in [4.69, 9.17) is 5.73 Å². The van der Waals surface area contributed by atoms with Gasteiger partial charge in [-0.05, 0) is 23.8 Å². The van der Waals surface area contributed by atoms with Crippen LogP contribution in [0.25, 0.3) is 0 Å². The monoisotopic (exact) mass is 257 g/mol. The molecule has 0 bridgehead atoms. The number of benzene rings is 1. The molecule has 96 valence electrons. The molecule has 0 aliphatic rings. The molecule has 1 aromatic rings. The lowest BCUT2D eigenvalue weighted by Crippen LogP contribution is -2.16. The molecule has 0 aliphatic heterocycles. The van der Waals surface area contributed by atoms with Gasteiger partial charge in [0.15, 0.2) is 0 Å². The molecule has 0 unspecified atom stereocenters. The van der Waals surface area contributed by atoms with Crippen molar-refractivity contribution in [3.05, 3.63) is 35.1 Å². The third-order valence-electron chi connectivity index (χ3n) is 2.11. The van der Waals surface area contributed by atoms with Crippen molar-refractivity contribution in [2.24, 2.45) is 5.73 Å². The van der Waals surface area contributed by atoms with E-state index in [1.807, 2.05) is 0 Å². The highest BCUT2D eigenvalue weighted by atomic mass is 19.4. The highest BCUT2D eigenvalue weighted by molar-refractivity contribution is 5.28. The Balaban J connectivity index is 3.05. The summed E-state index contributed by atoms with van der Waals surface area (Å²) < 4.78 is 73.9. The van der Waals surface area contributed by atoms with Gasteiger partial charge in [0.25, 0.3) is 0 Å². The topological polar surface area (TPSA) is 26.0 Å². The fraction of sp³-hybridized carbons (Fsp3) is 0.400. The molecule has 7 heteroatoms. The lowest BCUT2D eigenvalue weighted by Gasteiger charge is -2.14. The van der Waals surface area contributed by atoms with Crippen molar-refractivity contribution in [3.63, 3.8) is 0 Å². The number of nitrogens with two attached hydrogens (primary N) is 1. The van der Waals surface area contributed by atoms with Crippen molar-refractivity contribution < 1.29 is 26.3 Å². The number of hydrogen-bond donors (Lipinski definition) is 1. The molecule has 1 nitrogen and oxygen atoms in total. The van der Waals surface area contributed by atoms with E-state index in [1.165, 1.54) is 0 Å². The van der Waals surface area contributed by atoms with Gasteiger partial charge in [-0.15, -0.1) is 0 Å². The van der Waals surface area contributed by atoms with E-state index < -0.39 is 36.4 Å². The molecule has 1 rings (SSSR count). The van der Waals surface area contributed by atoms with Gasteiger partial charge in [-0.1, -0.05) is 0 Å². The lowest BCUT2D eigenvalue weighted by molar-refractivity contribution is -0.137. The quantitative estimate of drug-likeness (QED) is 0.824. The standard InChI is InChI=1S/C10H9F6N/c11-7-2-5(8(17)4-9(12)13)1-6(3-7)10(14,15)16/h1-3,8-9H,4,17H2/t8-/m1/s1. The zero-order valence-corrected chi connectivity index (χ0v) is 8.44. The Bertz CT molecular complexity index is 387. The first-order valence-corrected chi connectivity index (χ1v) is 4.61. The van der Waals surface area contributed by atoms with E-state index in [1.54, 1.807) is 0 Å². The van der Waals surface area contributed by atoms with Crippen LogP contribution in [0, 0.1) is 5.82 Å². The molecule has 17 heavy (non-hydrogen) atoms. The largest absolute Gasteiger partial charge is 0.416 e. The van der Waals surface area contributed by atoms with Gasteiger partial charge in [-0.25, -0.2) is 13.2 Å². The summed E-state index contributed by atoms with van der Waals surface area (Å²) in [6, 6.07) is 0.267. The summed E-state index contributed by atoms with van der Waals surface area (Å²) in [4.78, 5) is 0. The van der Waals surface area contributed by atoms with Crippen molar-refractivity contribution in [2.75, 3.05) is 0 Å². The Morgan fingerprint density at radius 1 is 1.12 bits per heavy atom. The summed E-state index contributed by atoms with van der Waals surface area (Å²) in [7, 11) is 0. The molecule has 0 radical (unpaired) electrons. The van der Waals surface area contributed by atoms with Crippen LogP contribution in [-0.2, 0) is 6.18 Å². The van der Waals surface area contributed by atoms with E-state index in [0.29, 0.717) is 12.1 Å². The number of alkyl halides is 5. The van der Waals surface area contributed by atoms with Crippen LogP contribution in [0.5, 0.6) is 0 Å². The first-order valence-electron chi connectivity index (χ1n) is 4.61. The lowest BCUT2D eigenvalue weighted by atomic mass is 10.0. The smallest absolute Gasteiger partial charge is 0.324 e. The average molecular weight is 257 g/mol. The Kier molecular flexibility index (Phi) is 4.03. The highest BCUT2D eigenvalue weighted by Gasteiger charge is 2.32. The molecule has 0 saturated heterocycles. The zero-order valence-electron chi connectivity index (χ0n) is 8.44. The molecule has 1 aromatic carbocycles. The molecule has 1 atom stereocenters. The van der Waals surface area contributed by atoms with Crippen LogP contribution in [0.4, 0.5) is 26.3 Å².